The fourth-order valence-electron chi connectivity index (χ4n) is 2.27. The van der Waals surface area contributed by atoms with Crippen molar-refractivity contribution in [1.82, 2.24) is 0 Å². The first-order valence-corrected chi connectivity index (χ1v) is 8.45. The van der Waals surface area contributed by atoms with Crippen LogP contribution in [-0.4, -0.2) is 22.2 Å². The van der Waals surface area contributed by atoms with Gasteiger partial charge >= 0.3 is 5.97 Å². The minimum atomic E-state index is -1.09. The van der Waals surface area contributed by atoms with Gasteiger partial charge in [0.15, 0.2) is 0 Å². The minimum Gasteiger partial charge on any atom is -0.478 e. The third-order valence-electron chi connectivity index (χ3n) is 3.36. The van der Waals surface area contributed by atoms with Gasteiger partial charge in [0.25, 0.3) is 11.1 Å². The number of nitrogens with zero attached hydrogens (tertiary/aromatic N) is 1. The van der Waals surface area contributed by atoms with Gasteiger partial charge in [0, 0.05) is 4.47 Å². The van der Waals surface area contributed by atoms with E-state index >= 15 is 0 Å². The number of carboxylic acid groups (broad SMARTS) is 1. The highest BCUT2D eigenvalue weighted by molar-refractivity contribution is 9.10. The number of carbonyl (C=O) groups is 3. The lowest BCUT2D eigenvalue weighted by Crippen LogP contribution is -2.27. The fraction of sp³-hybridized carbons (Fsp3) is 0. The number of carbonyl (C=O) groups excluding carboxylic acids is 2. The molecule has 1 N–H and O–H groups in total. The zero-order valence-corrected chi connectivity index (χ0v) is 14.5. The molecule has 1 saturated heterocycles. The number of hydrogen-bond donors (Lipinski definition) is 1. The predicted molar refractivity (Wildman–Crippen MR) is 96.0 cm³/mol. The lowest BCUT2D eigenvalue weighted by molar-refractivity contribution is -0.113. The monoisotopic (exact) mass is 403 g/mol. The Labute approximate surface area is 150 Å². The van der Waals surface area contributed by atoms with Crippen molar-refractivity contribution in [2.45, 2.75) is 0 Å². The molecule has 5 nitrogen and oxygen atoms in total. The molecule has 2 aromatic carbocycles. The van der Waals surface area contributed by atoms with Gasteiger partial charge in [0.05, 0.1) is 16.2 Å². The average Bonchev–Trinajstić information content (AvgIpc) is 2.82. The maximum atomic E-state index is 12.6. The third-order valence-corrected chi connectivity index (χ3v) is 4.91. The van der Waals surface area contributed by atoms with E-state index in [4.69, 9.17) is 0 Å². The smallest absolute Gasteiger partial charge is 0.336 e. The Morgan fingerprint density at radius 1 is 1.08 bits per heavy atom. The molecule has 24 heavy (non-hydrogen) atoms. The van der Waals surface area contributed by atoms with Crippen LogP contribution in [0.1, 0.15) is 15.9 Å². The molecule has 0 unspecified atom stereocenters. The van der Waals surface area contributed by atoms with E-state index in [1.165, 1.54) is 12.1 Å². The number of halogens is 1. The van der Waals surface area contributed by atoms with Crippen LogP contribution in [0.2, 0.25) is 0 Å². The van der Waals surface area contributed by atoms with Gasteiger partial charge in [0.1, 0.15) is 0 Å². The van der Waals surface area contributed by atoms with E-state index < -0.39 is 17.1 Å². The van der Waals surface area contributed by atoms with Gasteiger partial charge in [-0.3, -0.25) is 9.59 Å². The second-order valence-electron chi connectivity index (χ2n) is 4.86. The summed E-state index contributed by atoms with van der Waals surface area (Å²) in [4.78, 5) is 37.4. The topological polar surface area (TPSA) is 74.7 Å². The number of benzene rings is 2. The van der Waals surface area contributed by atoms with Crippen LogP contribution in [0.3, 0.4) is 0 Å². The molecule has 0 aromatic heterocycles. The van der Waals surface area contributed by atoms with Crippen LogP contribution in [0.15, 0.2) is 57.9 Å². The quantitative estimate of drug-likeness (QED) is 0.769. The lowest BCUT2D eigenvalue weighted by atomic mass is 10.1. The molecule has 0 spiro atoms. The number of anilines is 1. The highest BCUT2D eigenvalue weighted by Crippen LogP contribution is 2.38. The summed E-state index contributed by atoms with van der Waals surface area (Å²) in [5, 5.41) is 8.79. The van der Waals surface area contributed by atoms with Gasteiger partial charge in [-0.05, 0) is 57.5 Å². The normalized spacial score (nSPS) is 16.0. The molecular formula is C17H10BrNO4S. The average molecular weight is 404 g/mol. The number of rotatable bonds is 3. The first-order chi connectivity index (χ1) is 11.5. The minimum absolute atomic E-state index is 0.0743. The second-order valence-corrected chi connectivity index (χ2v) is 6.71. The zero-order chi connectivity index (χ0) is 17.3. The van der Waals surface area contributed by atoms with Crippen molar-refractivity contribution < 1.29 is 19.5 Å². The third kappa shape index (κ3) is 3.00. The highest BCUT2D eigenvalue weighted by Gasteiger charge is 2.37. The Hall–Kier alpha value is -2.38. The Bertz CT molecular complexity index is 894. The van der Waals surface area contributed by atoms with E-state index in [9.17, 15) is 19.5 Å². The standard InChI is InChI=1S/C17H10BrNO4S/c18-12-7-3-4-8-13(12)19-15(20)14(24-17(19)23)9-10-5-1-2-6-11(10)16(21)22/h1-9H,(H,21,22)/b14-9+. The highest BCUT2D eigenvalue weighted by atomic mass is 79.9. The molecule has 1 aliphatic rings. The first kappa shape index (κ1) is 16.5. The van der Waals surface area contributed by atoms with Crippen LogP contribution in [0, 0.1) is 0 Å². The lowest BCUT2D eigenvalue weighted by Gasteiger charge is -2.13. The van der Waals surface area contributed by atoms with Gasteiger partial charge in [-0.1, -0.05) is 30.3 Å². The molecule has 7 heteroatoms. The molecule has 2 aromatic rings. The summed E-state index contributed by atoms with van der Waals surface area (Å²) in [5.74, 6) is -1.57. The largest absolute Gasteiger partial charge is 0.478 e. The summed E-state index contributed by atoms with van der Waals surface area (Å²) in [6.07, 6.45) is 1.44. The van der Waals surface area contributed by atoms with Gasteiger partial charge in [-0.25, -0.2) is 9.69 Å². The molecular weight excluding hydrogens is 394 g/mol. The van der Waals surface area contributed by atoms with E-state index in [0.717, 1.165) is 16.7 Å². The molecule has 1 aliphatic heterocycles. The number of carboxylic acids is 1. The SMILES string of the molecule is O=C(O)c1ccccc1/C=C1/SC(=O)N(c2ccccc2Br)C1=O. The molecule has 0 saturated carbocycles. The van der Waals surface area contributed by atoms with Crippen LogP contribution in [-0.2, 0) is 4.79 Å². The Morgan fingerprint density at radius 2 is 1.75 bits per heavy atom. The van der Waals surface area contributed by atoms with Gasteiger partial charge in [-0.15, -0.1) is 0 Å². The summed E-state index contributed by atoms with van der Waals surface area (Å²) < 4.78 is 0.625. The Morgan fingerprint density at radius 3 is 2.46 bits per heavy atom. The van der Waals surface area contributed by atoms with E-state index in [0.29, 0.717) is 15.7 Å². The summed E-state index contributed by atoms with van der Waals surface area (Å²) >= 11 is 4.11. The second kappa shape index (κ2) is 6.62. The molecule has 1 heterocycles. The van der Waals surface area contributed by atoms with E-state index in [-0.39, 0.29) is 10.5 Å². The van der Waals surface area contributed by atoms with Crippen molar-refractivity contribution in [2.75, 3.05) is 4.90 Å². The number of aromatic carboxylic acids is 1. The number of hydrogen-bond acceptors (Lipinski definition) is 4. The Balaban J connectivity index is 2.01. The molecule has 2 amide bonds. The molecule has 0 bridgehead atoms. The van der Waals surface area contributed by atoms with Crippen LogP contribution >= 0.6 is 27.7 Å². The number of imide groups is 1. The summed E-state index contributed by atoms with van der Waals surface area (Å²) in [5.41, 5.74) is 0.905. The zero-order valence-electron chi connectivity index (χ0n) is 12.1. The van der Waals surface area contributed by atoms with Crippen LogP contribution < -0.4 is 4.90 Å². The molecule has 120 valence electrons. The van der Waals surface area contributed by atoms with Gasteiger partial charge < -0.3 is 5.11 Å². The van der Waals surface area contributed by atoms with Crippen LogP contribution in [0.4, 0.5) is 10.5 Å². The molecule has 1 fully saturated rings. The van der Waals surface area contributed by atoms with Crippen LogP contribution in [0.25, 0.3) is 6.08 Å². The summed E-state index contributed by atoms with van der Waals surface area (Å²) in [6.45, 7) is 0. The number of thioether (sulfide) groups is 1. The van der Waals surface area contributed by atoms with E-state index in [1.807, 2.05) is 0 Å². The molecule has 3 rings (SSSR count). The van der Waals surface area contributed by atoms with Gasteiger partial charge in [-0.2, -0.15) is 0 Å². The summed E-state index contributed by atoms with van der Waals surface area (Å²) in [7, 11) is 0. The van der Waals surface area contributed by atoms with Crippen molar-refractivity contribution in [3.63, 3.8) is 0 Å². The van der Waals surface area contributed by atoms with Crippen molar-refractivity contribution in [3.8, 4) is 0 Å². The maximum Gasteiger partial charge on any atom is 0.336 e. The van der Waals surface area contributed by atoms with E-state index in [2.05, 4.69) is 15.9 Å². The van der Waals surface area contributed by atoms with Crippen molar-refractivity contribution in [1.29, 1.82) is 0 Å². The first-order valence-electron chi connectivity index (χ1n) is 6.84. The summed E-state index contributed by atoms with van der Waals surface area (Å²) in [6, 6.07) is 13.2. The maximum absolute atomic E-state index is 12.6. The number of para-hydroxylation sites is 1. The fourth-order valence-corrected chi connectivity index (χ4v) is 3.55. The van der Waals surface area contributed by atoms with E-state index in [1.54, 1.807) is 42.5 Å². The van der Waals surface area contributed by atoms with Crippen molar-refractivity contribution >= 4 is 56.6 Å². The van der Waals surface area contributed by atoms with Gasteiger partial charge in [0.2, 0.25) is 0 Å². The van der Waals surface area contributed by atoms with Crippen molar-refractivity contribution in [2.24, 2.45) is 0 Å². The molecule has 0 aliphatic carbocycles. The Kier molecular flexibility index (Phi) is 4.55. The molecule has 0 atom stereocenters. The predicted octanol–water partition coefficient (Wildman–Crippen LogP) is 4.39. The van der Waals surface area contributed by atoms with Crippen LogP contribution in [0.5, 0.6) is 0 Å². The number of amides is 2. The molecule has 0 radical (unpaired) electrons. The van der Waals surface area contributed by atoms with Crippen molar-refractivity contribution in [3.05, 3.63) is 69.0 Å².